The van der Waals surface area contributed by atoms with E-state index in [2.05, 4.69) is 217 Å². The fourth-order valence-electron chi connectivity index (χ4n) is 9.14. The predicted molar refractivity (Wildman–Crippen MR) is 233 cm³/mol. The second-order valence-electron chi connectivity index (χ2n) is 15.4. The molecule has 0 saturated carbocycles. The summed E-state index contributed by atoms with van der Waals surface area (Å²) in [5, 5.41) is 7.51. The van der Waals surface area contributed by atoms with Crippen LogP contribution in [0.5, 0.6) is 0 Å². The lowest BCUT2D eigenvalue weighted by atomic mass is 9.82. The number of aromatic nitrogens is 1. The smallest absolute Gasteiger partial charge is 0.0547 e. The number of hydrogen-bond donors (Lipinski definition) is 0. The van der Waals surface area contributed by atoms with E-state index in [4.69, 9.17) is 0 Å². The fraction of sp³-hybridized carbons (Fsp3) is 0.0566. The summed E-state index contributed by atoms with van der Waals surface area (Å²) in [5.41, 5.74) is 14.9. The number of benzene rings is 9. The molecule has 0 atom stereocenters. The summed E-state index contributed by atoms with van der Waals surface area (Å²) < 4.78 is 2.46. The summed E-state index contributed by atoms with van der Waals surface area (Å²) in [6.07, 6.45) is 0. The van der Waals surface area contributed by atoms with E-state index in [9.17, 15) is 0 Å². The summed E-state index contributed by atoms with van der Waals surface area (Å²) >= 11 is 0. The SMILES string of the molecule is CC1(C)c2ccccc2-c2cc3c(cc21)c1ccccc1n3-c1ccc2cc(N(c3ccccc3)c3ccc(-c4ccc5ccccc5c4)cc3)ccc2c1. The average molecular weight is 703 g/mol. The van der Waals surface area contributed by atoms with E-state index in [-0.39, 0.29) is 5.41 Å². The second-order valence-corrected chi connectivity index (χ2v) is 15.4. The standard InChI is InChI=1S/C53H38N2/c1-53(2)49-18-10-8-16-45(49)47-34-52-48(33-50(47)53)46-17-9-11-19-51(46)55(52)44-29-25-39-31-43(28-24-40(39)32-44)54(41-14-4-3-5-15-41)42-26-22-36(23-27-42)38-21-20-35-12-6-7-13-37(35)30-38/h3-34H,1-2H3. The quantitative estimate of drug-likeness (QED) is 0.173. The molecule has 1 heterocycles. The van der Waals surface area contributed by atoms with Gasteiger partial charge in [0.05, 0.1) is 11.0 Å². The third-order valence-electron chi connectivity index (χ3n) is 11.9. The highest BCUT2D eigenvalue weighted by molar-refractivity contribution is 6.11. The number of fused-ring (bicyclic) bond motifs is 8. The van der Waals surface area contributed by atoms with Gasteiger partial charge in [-0.1, -0.05) is 135 Å². The van der Waals surface area contributed by atoms with E-state index in [0.717, 1.165) is 17.1 Å². The molecule has 0 radical (unpaired) electrons. The van der Waals surface area contributed by atoms with Crippen molar-refractivity contribution in [2.75, 3.05) is 4.90 Å². The van der Waals surface area contributed by atoms with Crippen molar-refractivity contribution in [1.82, 2.24) is 4.57 Å². The zero-order chi connectivity index (χ0) is 36.7. The van der Waals surface area contributed by atoms with Crippen molar-refractivity contribution in [2.24, 2.45) is 0 Å². The Morgan fingerprint density at radius 3 is 1.89 bits per heavy atom. The lowest BCUT2D eigenvalue weighted by Gasteiger charge is -2.26. The van der Waals surface area contributed by atoms with Gasteiger partial charge in [0.1, 0.15) is 0 Å². The zero-order valence-electron chi connectivity index (χ0n) is 30.9. The molecule has 260 valence electrons. The van der Waals surface area contributed by atoms with E-state index in [1.54, 1.807) is 0 Å². The zero-order valence-corrected chi connectivity index (χ0v) is 30.9. The van der Waals surface area contributed by atoms with Crippen LogP contribution in [0.1, 0.15) is 25.0 Å². The van der Waals surface area contributed by atoms with E-state index >= 15 is 0 Å². The van der Waals surface area contributed by atoms with E-state index in [1.807, 2.05) is 0 Å². The van der Waals surface area contributed by atoms with Crippen molar-refractivity contribution in [2.45, 2.75) is 19.3 Å². The van der Waals surface area contributed by atoms with Crippen LogP contribution in [0.4, 0.5) is 17.1 Å². The first-order chi connectivity index (χ1) is 27.0. The van der Waals surface area contributed by atoms with Gasteiger partial charge in [0.15, 0.2) is 0 Å². The van der Waals surface area contributed by atoms with Crippen molar-refractivity contribution in [3.05, 3.63) is 205 Å². The van der Waals surface area contributed by atoms with Crippen LogP contribution in [0.15, 0.2) is 194 Å². The Hall–Kier alpha value is -6.90. The maximum atomic E-state index is 2.46. The molecule has 0 unspecified atom stereocenters. The molecule has 1 aliphatic rings. The highest BCUT2D eigenvalue weighted by Crippen LogP contribution is 2.51. The second kappa shape index (κ2) is 12.1. The summed E-state index contributed by atoms with van der Waals surface area (Å²) in [5.74, 6) is 0. The summed E-state index contributed by atoms with van der Waals surface area (Å²) in [6, 6.07) is 71.3. The van der Waals surface area contributed by atoms with Crippen LogP contribution in [-0.2, 0) is 5.41 Å². The first kappa shape index (κ1) is 31.6. The number of hydrogen-bond acceptors (Lipinski definition) is 1. The number of para-hydroxylation sites is 2. The molecule has 2 nitrogen and oxygen atoms in total. The van der Waals surface area contributed by atoms with Crippen LogP contribution in [-0.4, -0.2) is 4.57 Å². The first-order valence-electron chi connectivity index (χ1n) is 19.2. The summed E-state index contributed by atoms with van der Waals surface area (Å²) in [7, 11) is 0. The van der Waals surface area contributed by atoms with Crippen LogP contribution in [0.3, 0.4) is 0 Å². The van der Waals surface area contributed by atoms with Crippen LogP contribution in [0.25, 0.3) is 71.3 Å². The molecule has 0 N–H and O–H groups in total. The van der Waals surface area contributed by atoms with Gasteiger partial charge >= 0.3 is 0 Å². The minimum atomic E-state index is -0.0448. The van der Waals surface area contributed by atoms with E-state index < -0.39 is 0 Å². The largest absolute Gasteiger partial charge is 0.310 e. The normalized spacial score (nSPS) is 13.1. The van der Waals surface area contributed by atoms with Crippen LogP contribution in [0, 0.1) is 0 Å². The Labute approximate surface area is 321 Å². The van der Waals surface area contributed by atoms with Crippen molar-refractivity contribution >= 4 is 60.4 Å². The van der Waals surface area contributed by atoms with Gasteiger partial charge in [-0.05, 0) is 128 Å². The van der Waals surface area contributed by atoms with E-state index in [0.29, 0.717) is 0 Å². The number of nitrogens with zero attached hydrogens (tertiary/aromatic N) is 2. The molecule has 10 aromatic rings. The molecule has 0 saturated heterocycles. The van der Waals surface area contributed by atoms with Gasteiger partial charge in [0.25, 0.3) is 0 Å². The Morgan fingerprint density at radius 1 is 0.382 bits per heavy atom. The van der Waals surface area contributed by atoms with Gasteiger partial charge in [-0.15, -0.1) is 0 Å². The topological polar surface area (TPSA) is 8.17 Å². The minimum Gasteiger partial charge on any atom is -0.310 e. The van der Waals surface area contributed by atoms with Crippen LogP contribution >= 0.6 is 0 Å². The molecule has 0 bridgehead atoms. The van der Waals surface area contributed by atoms with Gasteiger partial charge < -0.3 is 9.47 Å². The molecule has 55 heavy (non-hydrogen) atoms. The molecule has 0 amide bonds. The van der Waals surface area contributed by atoms with E-state index in [1.165, 1.54) is 82.4 Å². The van der Waals surface area contributed by atoms with Crippen LogP contribution < -0.4 is 4.90 Å². The minimum absolute atomic E-state index is 0.0448. The molecule has 2 heteroatoms. The predicted octanol–water partition coefficient (Wildman–Crippen LogP) is 14.5. The third-order valence-corrected chi connectivity index (χ3v) is 11.9. The summed E-state index contributed by atoms with van der Waals surface area (Å²) in [6.45, 7) is 4.72. The van der Waals surface area contributed by atoms with Crippen molar-refractivity contribution in [1.29, 1.82) is 0 Å². The van der Waals surface area contributed by atoms with Crippen molar-refractivity contribution in [3.8, 4) is 27.9 Å². The summed E-state index contributed by atoms with van der Waals surface area (Å²) in [4.78, 5) is 2.35. The van der Waals surface area contributed by atoms with Crippen LogP contribution in [0.2, 0.25) is 0 Å². The lowest BCUT2D eigenvalue weighted by molar-refractivity contribution is 0.661. The maximum Gasteiger partial charge on any atom is 0.0547 e. The fourth-order valence-corrected chi connectivity index (χ4v) is 9.14. The van der Waals surface area contributed by atoms with Gasteiger partial charge in [-0.25, -0.2) is 0 Å². The first-order valence-corrected chi connectivity index (χ1v) is 19.2. The highest BCUT2D eigenvalue weighted by Gasteiger charge is 2.36. The Bertz CT molecular complexity index is 3110. The molecule has 0 spiro atoms. The third kappa shape index (κ3) is 4.95. The molecule has 0 fully saturated rings. The molecular weight excluding hydrogens is 665 g/mol. The lowest BCUT2D eigenvalue weighted by Crippen LogP contribution is -2.14. The Morgan fingerprint density at radius 2 is 1.02 bits per heavy atom. The van der Waals surface area contributed by atoms with Crippen molar-refractivity contribution in [3.63, 3.8) is 0 Å². The van der Waals surface area contributed by atoms with Gasteiger partial charge in [-0.3, -0.25) is 0 Å². The Balaban J connectivity index is 1.01. The average Bonchev–Trinajstić information content (AvgIpc) is 3.68. The Kier molecular flexibility index (Phi) is 6.93. The maximum absolute atomic E-state index is 2.46. The highest BCUT2D eigenvalue weighted by atomic mass is 15.1. The molecule has 1 aliphatic carbocycles. The number of rotatable bonds is 5. The number of anilines is 3. The van der Waals surface area contributed by atoms with Gasteiger partial charge in [-0.2, -0.15) is 0 Å². The molecule has 1 aromatic heterocycles. The molecule has 11 rings (SSSR count). The van der Waals surface area contributed by atoms with Gasteiger partial charge in [0, 0.05) is 38.9 Å². The molecular formula is C53H38N2. The molecule has 0 aliphatic heterocycles. The van der Waals surface area contributed by atoms with Gasteiger partial charge in [0.2, 0.25) is 0 Å². The van der Waals surface area contributed by atoms with Crippen molar-refractivity contribution < 1.29 is 0 Å². The molecule has 9 aromatic carbocycles. The monoisotopic (exact) mass is 702 g/mol.